The second kappa shape index (κ2) is 15.7. The van der Waals surface area contributed by atoms with Gasteiger partial charge >= 0.3 is 5.97 Å². The normalized spacial score (nSPS) is 10.7. The summed E-state index contributed by atoms with van der Waals surface area (Å²) in [7, 11) is 0. The van der Waals surface area contributed by atoms with E-state index in [2.05, 4.69) is 5.32 Å². The van der Waals surface area contributed by atoms with E-state index in [4.69, 9.17) is 16.6 Å². The molecule has 0 rings (SSSR count). The fourth-order valence-electron chi connectivity index (χ4n) is 2.26. The highest BCUT2D eigenvalue weighted by Gasteiger charge is 2.12. The van der Waals surface area contributed by atoms with E-state index in [0.717, 1.165) is 45.3 Å². The molecule has 1 amide bonds. The molecule has 0 atom stereocenters. The van der Waals surface area contributed by atoms with Crippen molar-refractivity contribution in [2.24, 2.45) is 11.5 Å². The van der Waals surface area contributed by atoms with Crippen molar-refractivity contribution < 1.29 is 14.7 Å². The van der Waals surface area contributed by atoms with Crippen molar-refractivity contribution in [1.29, 1.82) is 0 Å². The summed E-state index contributed by atoms with van der Waals surface area (Å²) in [5, 5.41) is 11.9. The van der Waals surface area contributed by atoms with Crippen LogP contribution in [0.3, 0.4) is 0 Å². The molecule has 0 aromatic carbocycles. The largest absolute Gasteiger partial charge is 0.481 e. The van der Waals surface area contributed by atoms with Gasteiger partial charge in [-0.15, -0.1) is 0 Å². The fourth-order valence-corrected chi connectivity index (χ4v) is 2.26. The van der Waals surface area contributed by atoms with Gasteiger partial charge in [0.15, 0.2) is 0 Å². The molecule has 6 N–H and O–H groups in total. The Kier molecular flexibility index (Phi) is 14.9. The van der Waals surface area contributed by atoms with E-state index in [9.17, 15) is 9.59 Å². The number of carbonyl (C=O) groups excluding carboxylic acids is 1. The maximum atomic E-state index is 12.2. The lowest BCUT2D eigenvalue weighted by molar-refractivity contribution is -0.137. The Hall–Kier alpha value is -1.18. The smallest absolute Gasteiger partial charge is 0.303 e. The summed E-state index contributed by atoms with van der Waals surface area (Å²) in [6.07, 6.45) is 5.50. The van der Waals surface area contributed by atoms with E-state index in [1.165, 1.54) is 0 Å². The molecule has 7 heteroatoms. The molecule has 23 heavy (non-hydrogen) atoms. The Labute approximate surface area is 139 Å². The lowest BCUT2D eigenvalue weighted by Crippen LogP contribution is -2.34. The monoisotopic (exact) mass is 330 g/mol. The highest BCUT2D eigenvalue weighted by molar-refractivity contribution is 5.76. The number of nitrogens with one attached hydrogen (secondary N) is 1. The second-order valence-electron chi connectivity index (χ2n) is 5.72. The molecule has 0 spiro atoms. The number of rotatable bonds is 16. The molecule has 0 aliphatic heterocycles. The molecular weight excluding hydrogens is 296 g/mol. The van der Waals surface area contributed by atoms with Crippen LogP contribution in [0.1, 0.15) is 51.4 Å². The van der Waals surface area contributed by atoms with Gasteiger partial charge in [0.1, 0.15) is 0 Å². The van der Waals surface area contributed by atoms with Crippen LogP contribution in [-0.2, 0) is 9.59 Å². The van der Waals surface area contributed by atoms with Crippen LogP contribution in [-0.4, -0.2) is 61.2 Å². The van der Waals surface area contributed by atoms with Crippen LogP contribution in [0.25, 0.3) is 0 Å². The van der Waals surface area contributed by atoms with Crippen molar-refractivity contribution in [2.45, 2.75) is 51.4 Å². The Bertz CT molecular complexity index is 314. The van der Waals surface area contributed by atoms with Gasteiger partial charge < -0.3 is 26.8 Å². The molecule has 0 bridgehead atoms. The fraction of sp³-hybridized carbons (Fsp3) is 0.875. The zero-order chi connectivity index (χ0) is 17.3. The highest BCUT2D eigenvalue weighted by Crippen LogP contribution is 2.06. The highest BCUT2D eigenvalue weighted by atomic mass is 16.4. The van der Waals surface area contributed by atoms with E-state index in [0.29, 0.717) is 38.9 Å². The third kappa shape index (κ3) is 14.2. The van der Waals surface area contributed by atoms with Crippen LogP contribution >= 0.6 is 0 Å². The molecule has 0 saturated heterocycles. The van der Waals surface area contributed by atoms with Gasteiger partial charge in [-0.25, -0.2) is 0 Å². The van der Waals surface area contributed by atoms with Crippen molar-refractivity contribution >= 4 is 11.9 Å². The number of hydrogen-bond acceptors (Lipinski definition) is 5. The quantitative estimate of drug-likeness (QED) is 0.306. The van der Waals surface area contributed by atoms with Crippen molar-refractivity contribution in [3.05, 3.63) is 0 Å². The molecule has 0 radical (unpaired) electrons. The SMILES string of the molecule is NCCCNCCCCN(CCCN)C(=O)CCCCC(=O)O. The number of carboxylic acid groups (broad SMARTS) is 1. The molecule has 0 aliphatic carbocycles. The topological polar surface area (TPSA) is 122 Å². The van der Waals surface area contributed by atoms with Crippen LogP contribution in [0.4, 0.5) is 0 Å². The Morgan fingerprint density at radius 2 is 1.43 bits per heavy atom. The van der Waals surface area contributed by atoms with Crippen LogP contribution in [0.5, 0.6) is 0 Å². The average molecular weight is 330 g/mol. The summed E-state index contributed by atoms with van der Waals surface area (Å²) in [6, 6.07) is 0. The molecule has 136 valence electrons. The van der Waals surface area contributed by atoms with E-state index < -0.39 is 5.97 Å². The Balaban J connectivity index is 3.89. The van der Waals surface area contributed by atoms with Crippen LogP contribution in [0.15, 0.2) is 0 Å². The summed E-state index contributed by atoms with van der Waals surface area (Å²) in [5.41, 5.74) is 11.0. The number of nitrogens with two attached hydrogens (primary N) is 2. The van der Waals surface area contributed by atoms with Crippen LogP contribution in [0.2, 0.25) is 0 Å². The van der Waals surface area contributed by atoms with Gasteiger partial charge in [-0.2, -0.15) is 0 Å². The average Bonchev–Trinajstić information content (AvgIpc) is 2.53. The lowest BCUT2D eigenvalue weighted by atomic mass is 10.1. The van der Waals surface area contributed by atoms with Crippen molar-refractivity contribution in [2.75, 3.05) is 39.3 Å². The molecular formula is C16H34N4O3. The number of aliphatic carboxylic acids is 1. The molecule has 7 nitrogen and oxygen atoms in total. The predicted octanol–water partition coefficient (Wildman–Crippen LogP) is 0.527. The standard InChI is InChI=1S/C16H34N4O3/c17-9-5-12-19-11-3-4-13-20(14-6-10-18)15(21)7-1-2-8-16(22)23/h19H,1-14,17-18H2,(H,22,23). The van der Waals surface area contributed by atoms with Crippen molar-refractivity contribution in [3.8, 4) is 0 Å². The molecule has 0 aliphatic rings. The first-order chi connectivity index (χ1) is 11.1. The summed E-state index contributed by atoms with van der Waals surface area (Å²) in [4.78, 5) is 24.5. The minimum absolute atomic E-state index is 0.111. The number of carbonyl (C=O) groups is 2. The van der Waals surface area contributed by atoms with Gasteiger partial charge in [0.05, 0.1) is 0 Å². The van der Waals surface area contributed by atoms with E-state index in [1.807, 2.05) is 4.90 Å². The van der Waals surface area contributed by atoms with Gasteiger partial charge in [-0.3, -0.25) is 9.59 Å². The van der Waals surface area contributed by atoms with Gasteiger partial charge in [0, 0.05) is 25.9 Å². The molecule has 0 aromatic rings. The minimum atomic E-state index is -0.806. The third-order valence-corrected chi connectivity index (χ3v) is 3.61. The van der Waals surface area contributed by atoms with Gasteiger partial charge in [0.25, 0.3) is 0 Å². The molecule has 0 saturated carbocycles. The number of unbranched alkanes of at least 4 members (excludes halogenated alkanes) is 2. The van der Waals surface area contributed by atoms with Gasteiger partial charge in [-0.1, -0.05) is 0 Å². The summed E-state index contributed by atoms with van der Waals surface area (Å²) in [5.74, 6) is -0.695. The van der Waals surface area contributed by atoms with Gasteiger partial charge in [0.2, 0.25) is 5.91 Å². The van der Waals surface area contributed by atoms with E-state index in [-0.39, 0.29) is 12.3 Å². The lowest BCUT2D eigenvalue weighted by Gasteiger charge is -2.22. The molecule has 0 aromatic heterocycles. The minimum Gasteiger partial charge on any atom is -0.481 e. The van der Waals surface area contributed by atoms with Crippen molar-refractivity contribution in [3.63, 3.8) is 0 Å². The van der Waals surface area contributed by atoms with Crippen LogP contribution < -0.4 is 16.8 Å². The predicted molar refractivity (Wildman–Crippen MR) is 92.1 cm³/mol. The van der Waals surface area contributed by atoms with E-state index in [1.54, 1.807) is 0 Å². The molecule has 0 fully saturated rings. The summed E-state index contributed by atoms with van der Waals surface area (Å²) in [6.45, 7) is 4.60. The number of carboxylic acids is 1. The maximum Gasteiger partial charge on any atom is 0.303 e. The number of amides is 1. The summed E-state index contributed by atoms with van der Waals surface area (Å²) < 4.78 is 0. The number of hydrogen-bond donors (Lipinski definition) is 4. The first-order valence-corrected chi connectivity index (χ1v) is 8.72. The van der Waals surface area contributed by atoms with Crippen molar-refractivity contribution in [1.82, 2.24) is 10.2 Å². The first kappa shape index (κ1) is 21.8. The zero-order valence-corrected chi connectivity index (χ0v) is 14.3. The second-order valence-corrected chi connectivity index (χ2v) is 5.72. The van der Waals surface area contributed by atoms with Gasteiger partial charge in [-0.05, 0) is 64.7 Å². The maximum absolute atomic E-state index is 12.2. The Morgan fingerprint density at radius 3 is 2.09 bits per heavy atom. The third-order valence-electron chi connectivity index (χ3n) is 3.61. The van der Waals surface area contributed by atoms with E-state index >= 15 is 0 Å². The number of nitrogens with zero attached hydrogens (tertiary/aromatic N) is 1. The first-order valence-electron chi connectivity index (χ1n) is 8.72. The molecule has 0 heterocycles. The molecule has 0 unspecified atom stereocenters. The van der Waals surface area contributed by atoms with Crippen LogP contribution in [0, 0.1) is 0 Å². The Morgan fingerprint density at radius 1 is 0.826 bits per heavy atom. The summed E-state index contributed by atoms with van der Waals surface area (Å²) >= 11 is 0. The zero-order valence-electron chi connectivity index (χ0n) is 14.3.